The van der Waals surface area contributed by atoms with Crippen LogP contribution in [0.4, 0.5) is 0 Å². The number of hydrogen-bond acceptors (Lipinski definition) is 2. The summed E-state index contributed by atoms with van der Waals surface area (Å²) in [6, 6.07) is 10.7. The summed E-state index contributed by atoms with van der Waals surface area (Å²) in [6.45, 7) is 7.60. The minimum atomic E-state index is 0.371. The molecule has 1 fully saturated rings. The predicted octanol–water partition coefficient (Wildman–Crippen LogP) is 3.51. The zero-order valence-corrected chi connectivity index (χ0v) is 12.6. The Balaban J connectivity index is 2.21. The SMILES string of the molecule is CCc1ccc(C(CN)N2[C@H](C)CCC[C@@H]2C)cc1. The van der Waals surface area contributed by atoms with Gasteiger partial charge in [-0.05, 0) is 44.2 Å². The van der Waals surface area contributed by atoms with Crippen LogP contribution in [0.3, 0.4) is 0 Å². The monoisotopic (exact) mass is 260 g/mol. The van der Waals surface area contributed by atoms with Gasteiger partial charge in [-0.25, -0.2) is 0 Å². The molecule has 106 valence electrons. The van der Waals surface area contributed by atoms with Gasteiger partial charge < -0.3 is 5.73 Å². The zero-order chi connectivity index (χ0) is 13.8. The lowest BCUT2D eigenvalue weighted by atomic mass is 9.92. The molecular weight excluding hydrogens is 232 g/mol. The van der Waals surface area contributed by atoms with Crippen LogP contribution in [0.2, 0.25) is 0 Å². The summed E-state index contributed by atoms with van der Waals surface area (Å²) in [5, 5.41) is 0. The Morgan fingerprint density at radius 3 is 2.21 bits per heavy atom. The molecule has 1 saturated heterocycles. The van der Waals surface area contributed by atoms with Crippen molar-refractivity contribution in [3.05, 3.63) is 35.4 Å². The number of nitrogens with zero attached hydrogens (tertiary/aromatic N) is 1. The predicted molar refractivity (Wildman–Crippen MR) is 82.2 cm³/mol. The van der Waals surface area contributed by atoms with Crippen LogP contribution in [-0.4, -0.2) is 23.5 Å². The molecule has 0 spiro atoms. The van der Waals surface area contributed by atoms with Gasteiger partial charge in [-0.1, -0.05) is 37.6 Å². The van der Waals surface area contributed by atoms with Gasteiger partial charge in [0.05, 0.1) is 0 Å². The highest BCUT2D eigenvalue weighted by Gasteiger charge is 2.30. The van der Waals surface area contributed by atoms with E-state index in [9.17, 15) is 0 Å². The van der Waals surface area contributed by atoms with Crippen molar-refractivity contribution in [2.24, 2.45) is 5.73 Å². The first-order chi connectivity index (χ1) is 9.17. The topological polar surface area (TPSA) is 29.3 Å². The molecule has 2 rings (SSSR count). The lowest BCUT2D eigenvalue weighted by Crippen LogP contribution is -2.48. The molecule has 1 aromatic rings. The zero-order valence-electron chi connectivity index (χ0n) is 12.6. The lowest BCUT2D eigenvalue weighted by Gasteiger charge is -2.44. The molecule has 1 unspecified atom stereocenters. The first-order valence-corrected chi connectivity index (χ1v) is 7.73. The van der Waals surface area contributed by atoms with E-state index >= 15 is 0 Å². The van der Waals surface area contributed by atoms with Crippen LogP contribution in [0.15, 0.2) is 24.3 Å². The van der Waals surface area contributed by atoms with Gasteiger partial charge in [0.15, 0.2) is 0 Å². The van der Waals surface area contributed by atoms with Crippen LogP contribution >= 0.6 is 0 Å². The van der Waals surface area contributed by atoms with Crippen molar-refractivity contribution >= 4 is 0 Å². The van der Waals surface area contributed by atoms with E-state index in [1.54, 1.807) is 0 Å². The summed E-state index contributed by atoms with van der Waals surface area (Å²) in [5.74, 6) is 0. The van der Waals surface area contributed by atoms with Gasteiger partial charge in [0, 0.05) is 24.7 Å². The van der Waals surface area contributed by atoms with Crippen molar-refractivity contribution in [3.8, 4) is 0 Å². The summed E-state index contributed by atoms with van der Waals surface area (Å²) in [6.07, 6.45) is 5.05. The Hall–Kier alpha value is -0.860. The molecule has 0 aliphatic carbocycles. The van der Waals surface area contributed by atoms with Crippen molar-refractivity contribution in [3.63, 3.8) is 0 Å². The fourth-order valence-corrected chi connectivity index (χ4v) is 3.46. The van der Waals surface area contributed by atoms with E-state index in [0.29, 0.717) is 24.7 Å². The van der Waals surface area contributed by atoms with Crippen molar-refractivity contribution in [1.29, 1.82) is 0 Å². The maximum absolute atomic E-state index is 6.09. The fourth-order valence-electron chi connectivity index (χ4n) is 3.46. The summed E-state index contributed by atoms with van der Waals surface area (Å²) >= 11 is 0. The first kappa shape index (κ1) is 14.5. The van der Waals surface area contributed by atoms with E-state index in [2.05, 4.69) is 49.9 Å². The number of rotatable bonds is 4. The molecule has 3 atom stereocenters. The molecule has 0 aromatic heterocycles. The Labute approximate surface area is 118 Å². The molecule has 2 nitrogen and oxygen atoms in total. The van der Waals surface area contributed by atoms with Gasteiger partial charge in [-0.2, -0.15) is 0 Å². The second-order valence-corrected chi connectivity index (χ2v) is 5.92. The molecule has 19 heavy (non-hydrogen) atoms. The van der Waals surface area contributed by atoms with Crippen molar-refractivity contribution < 1.29 is 0 Å². The van der Waals surface area contributed by atoms with Gasteiger partial charge in [0.1, 0.15) is 0 Å². The van der Waals surface area contributed by atoms with Crippen molar-refractivity contribution in [1.82, 2.24) is 4.90 Å². The van der Waals surface area contributed by atoms with E-state index in [0.717, 1.165) is 6.42 Å². The summed E-state index contributed by atoms with van der Waals surface area (Å²) < 4.78 is 0. The van der Waals surface area contributed by atoms with Gasteiger partial charge >= 0.3 is 0 Å². The summed E-state index contributed by atoms with van der Waals surface area (Å²) in [4.78, 5) is 2.63. The van der Waals surface area contributed by atoms with Crippen molar-refractivity contribution in [2.75, 3.05) is 6.54 Å². The van der Waals surface area contributed by atoms with E-state index in [1.165, 1.54) is 30.4 Å². The molecule has 2 N–H and O–H groups in total. The van der Waals surface area contributed by atoms with Gasteiger partial charge in [-0.3, -0.25) is 4.90 Å². The number of piperidine rings is 1. The van der Waals surface area contributed by atoms with Crippen LogP contribution in [0.5, 0.6) is 0 Å². The third-order valence-corrected chi connectivity index (χ3v) is 4.62. The molecule has 0 bridgehead atoms. The van der Waals surface area contributed by atoms with Crippen LogP contribution < -0.4 is 5.73 Å². The lowest BCUT2D eigenvalue weighted by molar-refractivity contribution is 0.0578. The largest absolute Gasteiger partial charge is 0.329 e. The minimum absolute atomic E-state index is 0.371. The third kappa shape index (κ3) is 3.18. The van der Waals surface area contributed by atoms with E-state index in [-0.39, 0.29) is 0 Å². The van der Waals surface area contributed by atoms with Gasteiger partial charge in [0.25, 0.3) is 0 Å². The van der Waals surface area contributed by atoms with Crippen LogP contribution in [0.1, 0.15) is 57.2 Å². The Morgan fingerprint density at radius 1 is 1.16 bits per heavy atom. The first-order valence-electron chi connectivity index (χ1n) is 7.73. The average Bonchev–Trinajstić information content (AvgIpc) is 2.43. The Bertz CT molecular complexity index is 375. The normalized spacial score (nSPS) is 26.3. The highest BCUT2D eigenvalue weighted by Crippen LogP contribution is 2.31. The molecule has 2 heteroatoms. The van der Waals surface area contributed by atoms with E-state index in [4.69, 9.17) is 5.73 Å². The Kier molecular flexibility index (Phi) is 5.00. The highest BCUT2D eigenvalue weighted by atomic mass is 15.2. The maximum atomic E-state index is 6.09. The number of likely N-dealkylation sites (tertiary alicyclic amines) is 1. The molecule has 0 radical (unpaired) electrons. The van der Waals surface area contributed by atoms with Crippen LogP contribution in [-0.2, 0) is 6.42 Å². The second kappa shape index (κ2) is 6.53. The highest BCUT2D eigenvalue weighted by molar-refractivity contribution is 5.25. The maximum Gasteiger partial charge on any atom is 0.0476 e. The van der Waals surface area contributed by atoms with E-state index in [1.807, 2.05) is 0 Å². The fraction of sp³-hybridized carbons (Fsp3) is 0.647. The molecular formula is C17H28N2. The minimum Gasteiger partial charge on any atom is -0.329 e. The number of benzene rings is 1. The molecule has 1 aromatic carbocycles. The smallest absolute Gasteiger partial charge is 0.0476 e. The van der Waals surface area contributed by atoms with Crippen molar-refractivity contribution in [2.45, 2.75) is 64.6 Å². The van der Waals surface area contributed by atoms with Gasteiger partial charge in [0.2, 0.25) is 0 Å². The number of nitrogens with two attached hydrogens (primary N) is 1. The standard InChI is InChI=1S/C17H28N2/c1-4-15-8-10-16(11-9-15)17(12-18)19-13(2)6-5-7-14(19)3/h8-11,13-14,17H,4-7,12,18H2,1-3H3/t13-,14+,17?. The second-order valence-electron chi connectivity index (χ2n) is 5.92. The van der Waals surface area contributed by atoms with E-state index < -0.39 is 0 Å². The molecule has 0 saturated carbocycles. The summed E-state index contributed by atoms with van der Waals surface area (Å²) in [7, 11) is 0. The number of aryl methyl sites for hydroxylation is 1. The quantitative estimate of drug-likeness (QED) is 0.897. The van der Waals surface area contributed by atoms with Crippen LogP contribution in [0.25, 0.3) is 0 Å². The van der Waals surface area contributed by atoms with Gasteiger partial charge in [-0.15, -0.1) is 0 Å². The average molecular weight is 260 g/mol. The van der Waals surface area contributed by atoms with Crippen LogP contribution in [0, 0.1) is 0 Å². The number of hydrogen-bond donors (Lipinski definition) is 1. The summed E-state index contributed by atoms with van der Waals surface area (Å²) in [5.41, 5.74) is 8.87. The molecule has 1 heterocycles. The molecule has 0 amide bonds. The molecule has 1 aliphatic rings. The Morgan fingerprint density at radius 2 is 1.74 bits per heavy atom. The third-order valence-electron chi connectivity index (χ3n) is 4.62. The molecule has 1 aliphatic heterocycles.